The van der Waals surface area contributed by atoms with E-state index in [-0.39, 0.29) is 0 Å². The van der Waals surface area contributed by atoms with Gasteiger partial charge in [-0.3, -0.25) is 0 Å². The molecular formula is C32H46B2Si. The molecule has 0 saturated carbocycles. The van der Waals surface area contributed by atoms with Gasteiger partial charge < -0.3 is 0 Å². The molecule has 4 heterocycles. The molecule has 4 saturated heterocycles. The highest BCUT2D eigenvalue weighted by molar-refractivity contribution is 7.03. The minimum absolute atomic E-state index is 1.02. The van der Waals surface area contributed by atoms with E-state index >= 15 is 0 Å². The van der Waals surface area contributed by atoms with Crippen LogP contribution >= 0.6 is 0 Å². The predicted molar refractivity (Wildman–Crippen MR) is 159 cm³/mol. The quantitative estimate of drug-likeness (QED) is 0.333. The van der Waals surface area contributed by atoms with Crippen molar-refractivity contribution in [3.8, 4) is 0 Å². The summed E-state index contributed by atoms with van der Waals surface area (Å²) in [6.45, 7) is 2.04. The highest BCUT2D eigenvalue weighted by atomic mass is 28.3. The Labute approximate surface area is 217 Å². The second kappa shape index (κ2) is 11.0. The van der Waals surface area contributed by atoms with E-state index in [1.54, 1.807) is 10.4 Å². The zero-order valence-corrected chi connectivity index (χ0v) is 23.1. The van der Waals surface area contributed by atoms with Crippen molar-refractivity contribution in [2.75, 3.05) is 0 Å². The first-order chi connectivity index (χ1) is 17.3. The summed E-state index contributed by atoms with van der Waals surface area (Å²) in [5, 5.41) is 3.46. The molecule has 4 fully saturated rings. The van der Waals surface area contributed by atoms with Gasteiger partial charge in [0.2, 0.25) is 0 Å². The minimum Gasteiger partial charge on any atom is -0.0755 e. The number of hydrogen-bond donors (Lipinski definition) is 0. The van der Waals surface area contributed by atoms with Crippen molar-refractivity contribution in [2.45, 2.75) is 125 Å². The third kappa shape index (κ3) is 5.01. The fourth-order valence-corrected chi connectivity index (χ4v) is 14.8. The van der Waals surface area contributed by atoms with E-state index in [0.29, 0.717) is 0 Å². The molecule has 0 N–H and O–H groups in total. The highest BCUT2D eigenvalue weighted by Gasteiger charge is 2.45. The second-order valence-corrected chi connectivity index (χ2v) is 17.3. The molecule has 0 amide bonds. The van der Waals surface area contributed by atoms with Crippen LogP contribution in [0, 0.1) is 0 Å². The van der Waals surface area contributed by atoms with Crippen molar-refractivity contribution in [3.63, 3.8) is 0 Å². The second-order valence-electron chi connectivity index (χ2n) is 13.0. The van der Waals surface area contributed by atoms with Crippen LogP contribution in [0.4, 0.5) is 0 Å². The van der Waals surface area contributed by atoms with E-state index in [9.17, 15) is 0 Å². The van der Waals surface area contributed by atoms with Gasteiger partial charge in [0.15, 0.2) is 0 Å². The Balaban J connectivity index is 1.32. The third-order valence-electron chi connectivity index (χ3n) is 11.5. The molecule has 0 aliphatic carbocycles. The van der Waals surface area contributed by atoms with Gasteiger partial charge in [0.25, 0.3) is 0 Å². The molecule has 6 rings (SSSR count). The third-order valence-corrected chi connectivity index (χ3v) is 16.6. The standard InChI is InChI=1S/C32H46B2Si/c1-3-19-31(20-4-1)35(32-21-5-2-6-22-32,25-23-33-27-11-7-12-28(33)14-8-13-27)26-24-34-29-15-9-16-30(34)18-10-17-29/h1-6,19-22,27-30H,7-18,23-26H2. The van der Waals surface area contributed by atoms with Gasteiger partial charge >= 0.3 is 0 Å². The van der Waals surface area contributed by atoms with E-state index in [0.717, 1.165) is 36.7 Å². The lowest BCUT2D eigenvalue weighted by molar-refractivity contribution is 0.441. The summed E-state index contributed by atoms with van der Waals surface area (Å²) in [5.41, 5.74) is 0. The molecule has 0 aromatic heterocycles. The van der Waals surface area contributed by atoms with Crippen LogP contribution in [0.3, 0.4) is 0 Å². The summed E-state index contributed by atoms with van der Waals surface area (Å²) in [6.07, 6.45) is 21.3. The maximum absolute atomic E-state index is 2.53. The topological polar surface area (TPSA) is 0 Å². The van der Waals surface area contributed by atoms with Crippen LogP contribution in [0.15, 0.2) is 60.7 Å². The van der Waals surface area contributed by atoms with Crippen LogP contribution in [-0.4, -0.2) is 21.5 Å². The lowest BCUT2D eigenvalue weighted by Crippen LogP contribution is -2.59. The molecule has 3 heteroatoms. The van der Waals surface area contributed by atoms with Crippen LogP contribution in [0.2, 0.25) is 48.0 Å². The molecule has 2 aromatic carbocycles. The molecule has 35 heavy (non-hydrogen) atoms. The fourth-order valence-electron chi connectivity index (χ4n) is 9.78. The zero-order valence-electron chi connectivity index (χ0n) is 22.1. The van der Waals surface area contributed by atoms with Gasteiger partial charge in [-0.1, -0.05) is 196 Å². The van der Waals surface area contributed by atoms with E-state index < -0.39 is 8.07 Å². The van der Waals surface area contributed by atoms with E-state index in [2.05, 4.69) is 60.7 Å². The summed E-state index contributed by atoms with van der Waals surface area (Å²) in [5.74, 6) is 4.16. The minimum atomic E-state index is -1.81. The van der Waals surface area contributed by atoms with Crippen molar-refractivity contribution in [2.24, 2.45) is 0 Å². The zero-order chi connectivity index (χ0) is 23.5. The van der Waals surface area contributed by atoms with Crippen molar-refractivity contribution in [1.82, 2.24) is 0 Å². The first-order valence-corrected chi connectivity index (χ1v) is 17.9. The highest BCUT2D eigenvalue weighted by Crippen LogP contribution is 2.50. The van der Waals surface area contributed by atoms with Gasteiger partial charge in [0.05, 0.1) is 0 Å². The maximum Gasteiger partial charge on any atom is 0.146 e. The Morgan fingerprint density at radius 2 is 0.800 bits per heavy atom. The number of benzene rings is 2. The molecule has 0 radical (unpaired) electrons. The number of fused-ring (bicyclic) bond motifs is 4. The predicted octanol–water partition coefficient (Wildman–Crippen LogP) is 8.46. The smallest absolute Gasteiger partial charge is 0.0755 e. The van der Waals surface area contributed by atoms with Crippen LogP contribution in [-0.2, 0) is 0 Å². The molecule has 0 atom stereocenters. The summed E-state index contributed by atoms with van der Waals surface area (Å²) < 4.78 is 0. The molecule has 2 aromatic rings. The van der Waals surface area contributed by atoms with Gasteiger partial charge in [0.1, 0.15) is 21.5 Å². The average Bonchev–Trinajstić information content (AvgIpc) is 2.89. The van der Waals surface area contributed by atoms with Crippen LogP contribution in [0.1, 0.15) is 77.0 Å². The van der Waals surface area contributed by atoms with Gasteiger partial charge in [-0.15, -0.1) is 0 Å². The van der Waals surface area contributed by atoms with Crippen molar-refractivity contribution in [3.05, 3.63) is 60.7 Å². The van der Waals surface area contributed by atoms with Crippen LogP contribution in [0.25, 0.3) is 0 Å². The summed E-state index contributed by atoms with van der Waals surface area (Å²) in [7, 11) is -1.81. The number of rotatable bonds is 8. The lowest BCUT2D eigenvalue weighted by Gasteiger charge is -2.44. The fraction of sp³-hybridized carbons (Fsp3) is 0.625. The molecule has 4 bridgehead atoms. The SMILES string of the molecule is c1ccc([Si](CCB2C3CCCC2CCC3)(CCB2C3CCCC2CCC3)c2ccccc2)cc1. The van der Waals surface area contributed by atoms with Gasteiger partial charge in [-0.05, 0) is 0 Å². The van der Waals surface area contributed by atoms with Gasteiger partial charge in [0, 0.05) is 0 Å². The van der Waals surface area contributed by atoms with Crippen LogP contribution in [0.5, 0.6) is 0 Å². The Hall–Kier alpha value is -1.21. The Bertz CT molecular complexity index is 810. The normalized spacial score (nSPS) is 28.7. The molecule has 4 aliphatic rings. The van der Waals surface area contributed by atoms with E-state index in [1.165, 1.54) is 102 Å². The summed E-state index contributed by atoms with van der Waals surface area (Å²) in [4.78, 5) is 0. The van der Waals surface area contributed by atoms with Gasteiger partial charge in [-0.2, -0.15) is 0 Å². The Kier molecular flexibility index (Phi) is 7.61. The first-order valence-electron chi connectivity index (χ1n) is 15.4. The lowest BCUT2D eigenvalue weighted by atomic mass is 9.26. The van der Waals surface area contributed by atoms with E-state index in [4.69, 9.17) is 0 Å². The Morgan fingerprint density at radius 1 is 0.486 bits per heavy atom. The summed E-state index contributed by atoms with van der Waals surface area (Å²) >= 11 is 0. The largest absolute Gasteiger partial charge is 0.146 e. The molecule has 184 valence electrons. The number of hydrogen-bond acceptors (Lipinski definition) is 0. The Morgan fingerprint density at radius 3 is 1.11 bits per heavy atom. The van der Waals surface area contributed by atoms with Gasteiger partial charge in [-0.25, -0.2) is 0 Å². The van der Waals surface area contributed by atoms with Crippen molar-refractivity contribution >= 4 is 31.9 Å². The molecule has 0 spiro atoms. The van der Waals surface area contributed by atoms with Crippen molar-refractivity contribution < 1.29 is 0 Å². The molecular weight excluding hydrogens is 434 g/mol. The summed E-state index contributed by atoms with van der Waals surface area (Å²) in [6, 6.07) is 26.9. The maximum atomic E-state index is 2.53. The van der Waals surface area contributed by atoms with Crippen LogP contribution < -0.4 is 10.4 Å². The monoisotopic (exact) mass is 480 g/mol. The molecule has 0 unspecified atom stereocenters. The first kappa shape index (κ1) is 24.1. The van der Waals surface area contributed by atoms with E-state index in [1.807, 2.05) is 0 Å². The average molecular weight is 480 g/mol. The molecule has 0 nitrogen and oxygen atoms in total. The van der Waals surface area contributed by atoms with Crippen molar-refractivity contribution in [1.29, 1.82) is 0 Å². The molecule has 4 aliphatic heterocycles.